The van der Waals surface area contributed by atoms with Gasteiger partial charge in [-0.2, -0.15) is 0 Å². The molecule has 0 bridgehead atoms. The molecule has 13 rings (SSSR count). The molecule has 0 aliphatic heterocycles. The summed E-state index contributed by atoms with van der Waals surface area (Å²) >= 11 is 0. The second-order valence-electron chi connectivity index (χ2n) is 17.2. The Hall–Kier alpha value is -9.00. The standard InChI is InChI=1S/C61H40N6/c1-62-53-30-28-48(46-26-24-40-13-2-4-15-43(40)33-46)36-51(53)60-64-55-20-6-8-22-57(55)66(60)38-39-12-10-17-42(32-39)45-18-11-19-50(35-45)59-63-54-31-29-49(47-27-25-41-14-3-5-16-44(41)34-47)37-52(54)61-65-56-21-7-9-23-58(56)67(59)61/h2-37H,1,38H2. The molecule has 0 radical (unpaired) electrons. The molecule has 3 aromatic heterocycles. The van der Waals surface area contributed by atoms with Crippen molar-refractivity contribution in [1.29, 1.82) is 0 Å². The third-order valence-corrected chi connectivity index (χ3v) is 13.2. The maximum atomic E-state index is 5.40. The van der Waals surface area contributed by atoms with E-state index in [1.165, 1.54) is 21.5 Å². The van der Waals surface area contributed by atoms with E-state index in [0.29, 0.717) is 6.54 Å². The zero-order valence-corrected chi connectivity index (χ0v) is 36.4. The maximum Gasteiger partial charge on any atom is 0.149 e. The van der Waals surface area contributed by atoms with E-state index in [0.717, 1.165) is 106 Å². The quantitative estimate of drug-likeness (QED) is 0.143. The van der Waals surface area contributed by atoms with Crippen LogP contribution in [0.1, 0.15) is 5.56 Å². The van der Waals surface area contributed by atoms with Crippen LogP contribution in [0.25, 0.3) is 116 Å². The molecule has 13 aromatic rings. The fourth-order valence-electron chi connectivity index (χ4n) is 9.85. The van der Waals surface area contributed by atoms with Crippen LogP contribution in [0.3, 0.4) is 0 Å². The van der Waals surface area contributed by atoms with E-state index in [9.17, 15) is 0 Å². The molecule has 0 spiro atoms. The Kier molecular flexibility index (Phi) is 8.96. The molecule has 0 N–H and O–H groups in total. The van der Waals surface area contributed by atoms with Crippen molar-refractivity contribution in [3.8, 4) is 56.2 Å². The van der Waals surface area contributed by atoms with E-state index in [1.807, 2.05) is 12.1 Å². The average Bonchev–Trinajstić information content (AvgIpc) is 3.97. The number of nitrogens with zero attached hydrogens (tertiary/aromatic N) is 6. The van der Waals surface area contributed by atoms with Crippen molar-refractivity contribution in [1.82, 2.24) is 23.9 Å². The maximum absolute atomic E-state index is 5.40. The number of para-hydroxylation sites is 4. The second-order valence-corrected chi connectivity index (χ2v) is 17.2. The zero-order valence-electron chi connectivity index (χ0n) is 36.4. The van der Waals surface area contributed by atoms with E-state index in [2.05, 4.69) is 227 Å². The van der Waals surface area contributed by atoms with Crippen LogP contribution < -0.4 is 0 Å². The largest absolute Gasteiger partial charge is 0.319 e. The predicted octanol–water partition coefficient (Wildman–Crippen LogP) is 15.4. The number of hydrogen-bond acceptors (Lipinski definition) is 4. The highest BCUT2D eigenvalue weighted by molar-refractivity contribution is 6.01. The number of aliphatic imine (C=N–C) groups is 1. The summed E-state index contributed by atoms with van der Waals surface area (Å²) in [7, 11) is 0. The molecular weight excluding hydrogens is 817 g/mol. The van der Waals surface area contributed by atoms with Gasteiger partial charge in [-0.05, 0) is 140 Å². The van der Waals surface area contributed by atoms with Crippen molar-refractivity contribution >= 4 is 72.6 Å². The summed E-state index contributed by atoms with van der Waals surface area (Å²) < 4.78 is 4.54. The average molecular weight is 857 g/mol. The Bertz CT molecular complexity index is 4120. The van der Waals surface area contributed by atoms with Gasteiger partial charge in [0.1, 0.15) is 17.3 Å². The Morgan fingerprint density at radius 2 is 0.940 bits per heavy atom. The van der Waals surface area contributed by atoms with E-state index < -0.39 is 0 Å². The number of benzene rings is 10. The normalized spacial score (nSPS) is 11.7. The minimum atomic E-state index is 0.606. The van der Waals surface area contributed by atoms with E-state index >= 15 is 0 Å². The van der Waals surface area contributed by atoms with Crippen molar-refractivity contribution < 1.29 is 0 Å². The smallest absolute Gasteiger partial charge is 0.149 e. The SMILES string of the molecule is C=Nc1ccc(-c2ccc3ccccc3c2)cc1-c1nc2ccccc2n1Cc1cccc(-c2cccc(-c3nc4ccc(-c5ccc6ccccc6c5)cc4c4nc5ccccc5n34)c2)c1. The van der Waals surface area contributed by atoms with Gasteiger partial charge in [0.25, 0.3) is 0 Å². The van der Waals surface area contributed by atoms with Crippen LogP contribution in [0.5, 0.6) is 0 Å². The monoisotopic (exact) mass is 856 g/mol. The van der Waals surface area contributed by atoms with Gasteiger partial charge in [-0.1, -0.05) is 146 Å². The molecule has 0 saturated heterocycles. The van der Waals surface area contributed by atoms with E-state index in [4.69, 9.17) is 15.0 Å². The second kappa shape index (κ2) is 15.6. The van der Waals surface area contributed by atoms with Crippen LogP contribution in [0, 0.1) is 0 Å². The van der Waals surface area contributed by atoms with Gasteiger partial charge in [-0.3, -0.25) is 9.39 Å². The van der Waals surface area contributed by atoms with Crippen molar-refractivity contribution in [2.45, 2.75) is 6.54 Å². The number of rotatable bonds is 8. The highest BCUT2D eigenvalue weighted by Gasteiger charge is 2.20. The fraction of sp³-hybridized carbons (Fsp3) is 0.0164. The van der Waals surface area contributed by atoms with Crippen LogP contribution >= 0.6 is 0 Å². The molecule has 0 unspecified atom stereocenters. The van der Waals surface area contributed by atoms with Crippen LogP contribution in [0.2, 0.25) is 0 Å². The Morgan fingerprint density at radius 1 is 0.388 bits per heavy atom. The minimum Gasteiger partial charge on any atom is -0.319 e. The molecule has 0 saturated carbocycles. The summed E-state index contributed by atoms with van der Waals surface area (Å²) in [5, 5.41) is 5.87. The molecule has 67 heavy (non-hydrogen) atoms. The first-order valence-electron chi connectivity index (χ1n) is 22.6. The van der Waals surface area contributed by atoms with Crippen LogP contribution in [0.15, 0.2) is 223 Å². The Labute approximate surface area is 386 Å². The molecule has 6 heteroatoms. The third-order valence-electron chi connectivity index (χ3n) is 13.2. The lowest BCUT2D eigenvalue weighted by molar-refractivity contribution is 0.835. The fourth-order valence-corrected chi connectivity index (χ4v) is 9.85. The first-order valence-corrected chi connectivity index (χ1v) is 22.6. The number of fused-ring (bicyclic) bond motifs is 8. The van der Waals surface area contributed by atoms with Gasteiger partial charge in [-0.15, -0.1) is 0 Å². The van der Waals surface area contributed by atoms with Crippen molar-refractivity contribution in [3.63, 3.8) is 0 Å². The van der Waals surface area contributed by atoms with Crippen LogP contribution in [0.4, 0.5) is 5.69 Å². The van der Waals surface area contributed by atoms with Gasteiger partial charge >= 0.3 is 0 Å². The molecule has 0 fully saturated rings. The van der Waals surface area contributed by atoms with Gasteiger partial charge in [0, 0.05) is 23.1 Å². The molecule has 0 amide bonds. The number of imidazole rings is 2. The van der Waals surface area contributed by atoms with E-state index in [-0.39, 0.29) is 0 Å². The molecule has 0 atom stereocenters. The summed E-state index contributed by atoms with van der Waals surface area (Å²) in [5.41, 5.74) is 16.4. The first kappa shape index (κ1) is 38.5. The van der Waals surface area contributed by atoms with E-state index in [1.54, 1.807) is 0 Å². The molecule has 314 valence electrons. The van der Waals surface area contributed by atoms with Crippen molar-refractivity contribution in [2.24, 2.45) is 4.99 Å². The third kappa shape index (κ3) is 6.65. The first-order chi connectivity index (χ1) is 33.1. The minimum absolute atomic E-state index is 0.606. The van der Waals surface area contributed by atoms with Gasteiger partial charge < -0.3 is 4.57 Å². The lowest BCUT2D eigenvalue weighted by Gasteiger charge is -2.14. The zero-order chi connectivity index (χ0) is 44.4. The number of aromatic nitrogens is 5. The molecule has 0 aliphatic rings. The van der Waals surface area contributed by atoms with Crippen molar-refractivity contribution in [2.75, 3.05) is 0 Å². The Morgan fingerprint density at radius 3 is 1.69 bits per heavy atom. The Balaban J connectivity index is 0.889. The van der Waals surface area contributed by atoms with Gasteiger partial charge in [0.15, 0.2) is 0 Å². The summed E-state index contributed by atoms with van der Waals surface area (Å²) in [6.07, 6.45) is 0. The number of hydrogen-bond donors (Lipinski definition) is 0. The molecule has 10 aromatic carbocycles. The molecular formula is C61H40N6. The summed E-state index contributed by atoms with van der Waals surface area (Å²) in [4.78, 5) is 20.4. The molecule has 3 heterocycles. The summed E-state index contributed by atoms with van der Waals surface area (Å²) in [6.45, 7) is 4.58. The highest BCUT2D eigenvalue weighted by atomic mass is 15.1. The van der Waals surface area contributed by atoms with Crippen LogP contribution in [-0.4, -0.2) is 30.6 Å². The van der Waals surface area contributed by atoms with Gasteiger partial charge in [-0.25, -0.2) is 15.0 Å². The summed E-state index contributed by atoms with van der Waals surface area (Å²) in [6, 6.07) is 77.4. The predicted molar refractivity (Wildman–Crippen MR) is 278 cm³/mol. The van der Waals surface area contributed by atoms with Gasteiger partial charge in [0.2, 0.25) is 0 Å². The molecule has 0 aliphatic carbocycles. The summed E-state index contributed by atoms with van der Waals surface area (Å²) in [5.74, 6) is 1.70. The van der Waals surface area contributed by atoms with Crippen LogP contribution in [-0.2, 0) is 6.54 Å². The van der Waals surface area contributed by atoms with Crippen molar-refractivity contribution in [3.05, 3.63) is 224 Å². The molecule has 6 nitrogen and oxygen atoms in total. The lowest BCUT2D eigenvalue weighted by atomic mass is 9.98. The van der Waals surface area contributed by atoms with Gasteiger partial charge in [0.05, 0.1) is 33.3 Å². The highest BCUT2D eigenvalue weighted by Crippen LogP contribution is 2.38. The lowest BCUT2D eigenvalue weighted by Crippen LogP contribution is -2.03. The topological polar surface area (TPSA) is 60.4 Å².